The second-order valence-electron chi connectivity index (χ2n) is 24.0. The maximum Gasteiger partial charge on any atom is 0.0665 e. The van der Waals surface area contributed by atoms with Gasteiger partial charge in [0.15, 0.2) is 0 Å². The Morgan fingerprint density at radius 1 is 0.295 bits per heavy atom. The first kappa shape index (κ1) is 71.0. The molecule has 0 saturated heterocycles. The monoisotopic (exact) mass is 1070 g/mol. The number of unbranched alkanes of at least 4 members (excludes halogenated alkanes) is 47. The first-order valence-electron chi connectivity index (χ1n) is 35.0. The van der Waals surface area contributed by atoms with Crippen molar-refractivity contribution in [2.24, 2.45) is 9.98 Å². The molecule has 0 aliphatic heterocycles. The van der Waals surface area contributed by atoms with Crippen LogP contribution in [0.5, 0.6) is 0 Å². The predicted molar refractivity (Wildman–Crippen MR) is 353 cm³/mol. The fraction of sp³-hybridized carbons (Fsp3) is 0.763. The molecule has 2 aromatic carbocycles. The molecular formula is C76H128N2. The van der Waals surface area contributed by atoms with E-state index in [2.05, 4.69) is 99.2 Å². The van der Waals surface area contributed by atoms with E-state index in [9.17, 15) is 0 Å². The van der Waals surface area contributed by atoms with Gasteiger partial charge in [-0.1, -0.05) is 333 Å². The SMILES string of the molecule is CCCCCCCCCCCCCCCCCCCCCCCC#CCCCc1ccccc1N=CC(CCCCCC)=Nc1ccccc1CCCC#CCCCCCCCCCCCCCCCCCCCCCCC. The van der Waals surface area contributed by atoms with Crippen molar-refractivity contribution in [1.82, 2.24) is 0 Å². The van der Waals surface area contributed by atoms with Crippen molar-refractivity contribution in [3.8, 4) is 23.7 Å². The van der Waals surface area contributed by atoms with E-state index in [-0.39, 0.29) is 0 Å². The summed E-state index contributed by atoms with van der Waals surface area (Å²) in [6, 6.07) is 17.5. The van der Waals surface area contributed by atoms with Crippen molar-refractivity contribution in [3.05, 3.63) is 59.7 Å². The standard InChI is InChI=1S/C76H128N2/c1-4-7-10-13-15-17-19-21-23-25-27-29-31-33-35-37-39-41-43-45-47-49-51-53-55-57-64-72-66-60-62-69-75(72)77-71-74(68-59-12-9-6-3)78-76-70-63-61-67-73(76)65-58-56-54-52-50-48-46-44-42-40-38-36-34-32-30-28-26-24-22-20-18-16-14-11-8-5-2/h60-63,66-67,69-71H,4-50,55-59,64-65,68H2,1-3H3. The van der Waals surface area contributed by atoms with Crippen molar-refractivity contribution >= 4 is 23.3 Å². The lowest BCUT2D eigenvalue weighted by molar-refractivity contribution is 0.520. The molecule has 0 heterocycles. The van der Waals surface area contributed by atoms with E-state index in [1.54, 1.807) is 0 Å². The van der Waals surface area contributed by atoms with Crippen LogP contribution in [0.4, 0.5) is 11.4 Å². The summed E-state index contributed by atoms with van der Waals surface area (Å²) in [5.74, 6) is 14.0. The largest absolute Gasteiger partial charge is 0.255 e. The summed E-state index contributed by atoms with van der Waals surface area (Å²) in [6.07, 6.45) is 76.2. The first-order valence-corrected chi connectivity index (χ1v) is 35.0. The van der Waals surface area contributed by atoms with Crippen LogP contribution in [0.25, 0.3) is 0 Å². The quantitative estimate of drug-likeness (QED) is 0.0358. The number of hydrogen-bond acceptors (Lipinski definition) is 2. The molecule has 2 nitrogen and oxygen atoms in total. The molecule has 0 radical (unpaired) electrons. The summed E-state index contributed by atoms with van der Waals surface area (Å²) in [4.78, 5) is 10.4. The van der Waals surface area contributed by atoms with Gasteiger partial charge in [0.2, 0.25) is 0 Å². The Morgan fingerprint density at radius 3 is 0.885 bits per heavy atom. The van der Waals surface area contributed by atoms with Crippen LogP contribution in [-0.2, 0) is 12.8 Å². The summed E-state index contributed by atoms with van der Waals surface area (Å²) < 4.78 is 0. The van der Waals surface area contributed by atoms with Crippen LogP contribution in [0, 0.1) is 23.7 Å². The summed E-state index contributed by atoms with van der Waals surface area (Å²) in [7, 11) is 0. The highest BCUT2D eigenvalue weighted by molar-refractivity contribution is 6.31. The molecule has 0 aliphatic carbocycles. The van der Waals surface area contributed by atoms with Gasteiger partial charge in [0.1, 0.15) is 0 Å². The molecule has 442 valence electrons. The van der Waals surface area contributed by atoms with Crippen molar-refractivity contribution < 1.29 is 0 Å². The lowest BCUT2D eigenvalue weighted by Crippen LogP contribution is -2.01. The molecule has 0 spiro atoms. The fourth-order valence-corrected chi connectivity index (χ4v) is 11.2. The molecule has 0 unspecified atom stereocenters. The minimum Gasteiger partial charge on any atom is -0.255 e. The summed E-state index contributed by atoms with van der Waals surface area (Å²) in [6.45, 7) is 6.90. The van der Waals surface area contributed by atoms with E-state index in [0.717, 1.165) is 81.3 Å². The Labute approximate surface area is 488 Å². The topological polar surface area (TPSA) is 24.7 Å². The van der Waals surface area contributed by atoms with E-state index < -0.39 is 0 Å². The normalized spacial score (nSPS) is 11.6. The number of rotatable bonds is 56. The van der Waals surface area contributed by atoms with Gasteiger partial charge in [-0.25, -0.2) is 0 Å². The second kappa shape index (κ2) is 58.6. The molecule has 78 heavy (non-hydrogen) atoms. The van der Waals surface area contributed by atoms with Crippen LogP contribution in [0.1, 0.15) is 372 Å². The summed E-state index contributed by atoms with van der Waals surface area (Å²) >= 11 is 0. The van der Waals surface area contributed by atoms with Crippen LogP contribution in [0.15, 0.2) is 58.5 Å². The molecule has 2 rings (SSSR count). The van der Waals surface area contributed by atoms with Crippen LogP contribution >= 0.6 is 0 Å². The number of nitrogens with zero attached hydrogens (tertiary/aromatic N) is 2. The minimum atomic E-state index is 0.958. The van der Waals surface area contributed by atoms with Gasteiger partial charge in [0.25, 0.3) is 0 Å². The van der Waals surface area contributed by atoms with Crippen molar-refractivity contribution in [2.75, 3.05) is 0 Å². The van der Waals surface area contributed by atoms with Gasteiger partial charge in [0.05, 0.1) is 17.1 Å². The van der Waals surface area contributed by atoms with Gasteiger partial charge in [0, 0.05) is 31.9 Å². The molecule has 0 atom stereocenters. The molecular weight excluding hydrogens is 941 g/mol. The van der Waals surface area contributed by atoms with Crippen molar-refractivity contribution in [2.45, 2.75) is 374 Å². The Balaban J connectivity index is 1.57. The molecule has 0 saturated carbocycles. The number of hydrogen-bond donors (Lipinski definition) is 0. The van der Waals surface area contributed by atoms with Crippen LogP contribution in [0.3, 0.4) is 0 Å². The number of aryl methyl sites for hydroxylation is 2. The fourth-order valence-electron chi connectivity index (χ4n) is 11.2. The van der Waals surface area contributed by atoms with Crippen LogP contribution in [-0.4, -0.2) is 11.9 Å². The summed E-state index contributed by atoms with van der Waals surface area (Å²) in [5, 5.41) is 0. The Kier molecular flexibility index (Phi) is 53.3. The Hall–Kier alpha value is -3.10. The van der Waals surface area contributed by atoms with Gasteiger partial charge in [-0.2, -0.15) is 0 Å². The average molecular weight is 1070 g/mol. The average Bonchev–Trinajstić information content (AvgIpc) is 3.46. The van der Waals surface area contributed by atoms with E-state index in [1.807, 2.05) is 0 Å². The van der Waals surface area contributed by atoms with E-state index in [0.29, 0.717) is 0 Å². The molecule has 2 heteroatoms. The number of aliphatic imine (C=N–C) groups is 2. The molecule has 2 aromatic rings. The summed E-state index contributed by atoms with van der Waals surface area (Å²) in [5.41, 5.74) is 5.89. The van der Waals surface area contributed by atoms with Gasteiger partial charge < -0.3 is 0 Å². The zero-order chi connectivity index (χ0) is 55.4. The van der Waals surface area contributed by atoms with Crippen LogP contribution in [0.2, 0.25) is 0 Å². The highest BCUT2D eigenvalue weighted by Crippen LogP contribution is 2.25. The van der Waals surface area contributed by atoms with Gasteiger partial charge in [-0.15, -0.1) is 23.7 Å². The molecule has 0 amide bonds. The Morgan fingerprint density at radius 2 is 0.551 bits per heavy atom. The first-order chi connectivity index (χ1) is 38.8. The minimum absolute atomic E-state index is 0.958. The molecule has 0 aromatic heterocycles. The van der Waals surface area contributed by atoms with E-state index in [4.69, 9.17) is 9.98 Å². The van der Waals surface area contributed by atoms with Crippen molar-refractivity contribution in [1.29, 1.82) is 0 Å². The zero-order valence-electron chi connectivity index (χ0n) is 52.5. The molecule has 0 bridgehead atoms. The maximum atomic E-state index is 5.29. The third kappa shape index (κ3) is 46.6. The maximum absolute atomic E-state index is 5.29. The van der Waals surface area contributed by atoms with E-state index >= 15 is 0 Å². The Bertz CT molecular complexity index is 1760. The highest BCUT2D eigenvalue weighted by atomic mass is 14.8. The van der Waals surface area contributed by atoms with Crippen LogP contribution < -0.4 is 0 Å². The highest BCUT2D eigenvalue weighted by Gasteiger charge is 2.06. The van der Waals surface area contributed by atoms with Crippen molar-refractivity contribution in [3.63, 3.8) is 0 Å². The molecule has 0 N–H and O–H groups in total. The predicted octanol–water partition coefficient (Wildman–Crippen LogP) is 26.0. The third-order valence-electron chi connectivity index (χ3n) is 16.4. The van der Waals surface area contributed by atoms with E-state index in [1.165, 1.54) is 300 Å². The third-order valence-corrected chi connectivity index (χ3v) is 16.4. The molecule has 0 aliphatic rings. The van der Waals surface area contributed by atoms with Gasteiger partial charge in [-0.3, -0.25) is 9.98 Å². The zero-order valence-corrected chi connectivity index (χ0v) is 52.5. The smallest absolute Gasteiger partial charge is 0.0665 e. The number of para-hydroxylation sites is 2. The lowest BCUT2D eigenvalue weighted by Gasteiger charge is -2.08. The molecule has 0 fully saturated rings. The number of benzene rings is 2. The lowest BCUT2D eigenvalue weighted by atomic mass is 10.0. The van der Waals surface area contributed by atoms with Gasteiger partial charge in [-0.05, 0) is 74.6 Å². The van der Waals surface area contributed by atoms with Gasteiger partial charge >= 0.3 is 0 Å². The second-order valence-corrected chi connectivity index (χ2v) is 24.0.